The van der Waals surface area contributed by atoms with Gasteiger partial charge in [0.2, 0.25) is 17.7 Å². The number of nitrogens with one attached hydrogen (secondary N) is 1. The van der Waals surface area contributed by atoms with E-state index in [2.05, 4.69) is 5.32 Å². The predicted molar refractivity (Wildman–Crippen MR) is 155 cm³/mol. The maximum atomic E-state index is 13.9. The number of hydrogen-bond donors (Lipinski definition) is 1. The second kappa shape index (κ2) is 10.6. The summed E-state index contributed by atoms with van der Waals surface area (Å²) < 4.78 is 19.9. The second-order valence-corrected chi connectivity index (χ2v) is 12.0. The summed E-state index contributed by atoms with van der Waals surface area (Å²) >= 11 is 2.13. The van der Waals surface area contributed by atoms with Crippen molar-refractivity contribution < 1.29 is 23.5 Å². The summed E-state index contributed by atoms with van der Waals surface area (Å²) in [5.41, 5.74) is 2.65. The third kappa shape index (κ3) is 4.85. The zero-order chi connectivity index (χ0) is 28.8. The number of benzene rings is 3. The van der Waals surface area contributed by atoms with Crippen LogP contribution >= 0.6 is 23.1 Å². The second-order valence-electron chi connectivity index (χ2n) is 9.84. The minimum absolute atomic E-state index is 0.300. The molecule has 3 amide bonds. The van der Waals surface area contributed by atoms with Gasteiger partial charge in [-0.25, -0.2) is 9.29 Å². The lowest BCUT2D eigenvalue weighted by atomic mass is 9.83. The molecule has 1 fully saturated rings. The molecule has 0 spiro atoms. The van der Waals surface area contributed by atoms with Crippen LogP contribution in [0.3, 0.4) is 0 Å². The van der Waals surface area contributed by atoms with E-state index in [9.17, 15) is 23.6 Å². The van der Waals surface area contributed by atoms with Gasteiger partial charge in [0, 0.05) is 16.5 Å². The lowest BCUT2D eigenvalue weighted by molar-refractivity contribution is -0.122. The van der Waals surface area contributed by atoms with Crippen molar-refractivity contribution in [3.63, 3.8) is 0 Å². The first kappa shape index (κ1) is 27.0. The van der Waals surface area contributed by atoms with Crippen LogP contribution in [-0.4, -0.2) is 34.6 Å². The van der Waals surface area contributed by atoms with Gasteiger partial charge in [-0.05, 0) is 61.0 Å². The molecule has 1 N–H and O–H groups in total. The number of anilines is 2. The summed E-state index contributed by atoms with van der Waals surface area (Å²) in [5, 5.41) is 2.38. The van der Waals surface area contributed by atoms with E-state index in [1.807, 2.05) is 31.2 Å². The first-order chi connectivity index (χ1) is 19.7. The van der Waals surface area contributed by atoms with Crippen molar-refractivity contribution in [2.45, 2.75) is 29.7 Å². The number of fused-ring (bicyclic) bond motifs is 2. The van der Waals surface area contributed by atoms with Crippen LogP contribution in [0.25, 0.3) is 0 Å². The molecule has 11 heteroatoms. The SMILES string of the molecule is COc1ccc(C2c3sc(=O)n(CC(=O)Nc4ccc(F)cc4)c3SC3C(=O)N(c4ccc(C)cc4)C(=O)C32)cc1. The van der Waals surface area contributed by atoms with E-state index in [0.29, 0.717) is 27.0 Å². The van der Waals surface area contributed by atoms with E-state index in [-0.39, 0.29) is 23.2 Å². The fourth-order valence-electron chi connectivity index (χ4n) is 5.25. The Hall–Kier alpha value is -4.22. The standard InChI is InChI=1S/C30H24FN3O5S2/c1-16-3-11-20(12-4-16)34-27(36)24-23(17-5-13-21(39-2)14-6-17)26-29(40-25(24)28(34)37)33(30(38)41-26)15-22(35)32-19-9-7-18(31)8-10-19/h3-14,23-25H,15H2,1-2H3,(H,32,35). The molecule has 4 aromatic rings. The highest BCUT2D eigenvalue weighted by molar-refractivity contribution is 8.00. The fourth-order valence-corrected chi connectivity index (χ4v) is 8.02. The first-order valence-electron chi connectivity index (χ1n) is 12.8. The molecule has 2 aliphatic rings. The number of nitrogens with zero attached hydrogens (tertiary/aromatic N) is 2. The number of halogens is 1. The average Bonchev–Trinajstić information content (AvgIpc) is 3.41. The molecule has 1 aromatic heterocycles. The maximum absolute atomic E-state index is 13.9. The molecular formula is C30H24FN3O5S2. The van der Waals surface area contributed by atoms with Gasteiger partial charge < -0.3 is 10.1 Å². The minimum Gasteiger partial charge on any atom is -0.497 e. The molecule has 2 aliphatic heterocycles. The monoisotopic (exact) mass is 589 g/mol. The van der Waals surface area contributed by atoms with Gasteiger partial charge in [-0.1, -0.05) is 52.9 Å². The molecule has 3 atom stereocenters. The van der Waals surface area contributed by atoms with Crippen LogP contribution in [-0.2, 0) is 20.9 Å². The largest absolute Gasteiger partial charge is 0.497 e. The Balaban J connectivity index is 1.40. The Kier molecular flexibility index (Phi) is 7.00. The van der Waals surface area contributed by atoms with E-state index < -0.39 is 28.8 Å². The lowest BCUT2D eigenvalue weighted by Gasteiger charge is -2.30. The van der Waals surface area contributed by atoms with Crippen LogP contribution in [0.5, 0.6) is 5.75 Å². The number of aryl methyl sites for hydroxylation is 1. The summed E-state index contributed by atoms with van der Waals surface area (Å²) in [6.45, 7) is 1.63. The van der Waals surface area contributed by atoms with E-state index >= 15 is 0 Å². The van der Waals surface area contributed by atoms with E-state index in [4.69, 9.17) is 4.74 Å². The molecule has 0 saturated carbocycles. The number of thiazole rings is 1. The van der Waals surface area contributed by atoms with Crippen LogP contribution < -0.4 is 19.8 Å². The Bertz CT molecular complexity index is 1720. The van der Waals surface area contributed by atoms with Gasteiger partial charge in [-0.3, -0.25) is 23.7 Å². The summed E-state index contributed by atoms with van der Waals surface area (Å²) in [7, 11) is 1.56. The number of thioether (sulfide) groups is 1. The number of amides is 3. The highest BCUT2D eigenvalue weighted by Crippen LogP contribution is 2.54. The fraction of sp³-hybridized carbons (Fsp3) is 0.200. The molecule has 3 aromatic carbocycles. The molecule has 0 bridgehead atoms. The number of carbonyl (C=O) groups is 3. The quantitative estimate of drug-likeness (QED) is 0.325. The molecule has 6 rings (SSSR count). The van der Waals surface area contributed by atoms with Gasteiger partial charge in [0.25, 0.3) is 0 Å². The Morgan fingerprint density at radius 1 is 0.951 bits per heavy atom. The molecule has 8 nitrogen and oxygen atoms in total. The molecule has 208 valence electrons. The maximum Gasteiger partial charge on any atom is 0.308 e. The highest BCUT2D eigenvalue weighted by atomic mass is 32.2. The number of hydrogen-bond acceptors (Lipinski definition) is 7. The van der Waals surface area contributed by atoms with E-state index in [1.165, 1.54) is 33.7 Å². The number of imide groups is 1. The smallest absolute Gasteiger partial charge is 0.308 e. The molecule has 41 heavy (non-hydrogen) atoms. The van der Waals surface area contributed by atoms with Crippen LogP contribution in [0.1, 0.15) is 21.9 Å². The number of methoxy groups -OCH3 is 1. The average molecular weight is 590 g/mol. The number of ether oxygens (including phenoxy) is 1. The van der Waals surface area contributed by atoms with Gasteiger partial charge in [-0.2, -0.15) is 0 Å². The third-order valence-corrected chi connectivity index (χ3v) is 9.85. The number of aromatic nitrogens is 1. The summed E-state index contributed by atoms with van der Waals surface area (Å²) in [6, 6.07) is 19.7. The molecule has 1 saturated heterocycles. The number of carbonyl (C=O) groups excluding carboxylic acids is 3. The minimum atomic E-state index is -0.788. The van der Waals surface area contributed by atoms with Crippen LogP contribution in [0, 0.1) is 18.7 Å². The van der Waals surface area contributed by atoms with Crippen LogP contribution in [0.4, 0.5) is 15.8 Å². The van der Waals surface area contributed by atoms with E-state index in [0.717, 1.165) is 34.2 Å². The van der Waals surface area contributed by atoms with E-state index in [1.54, 1.807) is 31.4 Å². The third-order valence-electron chi connectivity index (χ3n) is 7.25. The van der Waals surface area contributed by atoms with Crippen molar-refractivity contribution in [1.29, 1.82) is 0 Å². The van der Waals surface area contributed by atoms with Crippen molar-refractivity contribution in [2.75, 3.05) is 17.3 Å². The lowest BCUT2D eigenvalue weighted by Crippen LogP contribution is -2.33. The molecular weight excluding hydrogens is 565 g/mol. The van der Waals surface area contributed by atoms with Crippen LogP contribution in [0.2, 0.25) is 0 Å². The zero-order valence-corrected chi connectivity index (χ0v) is 23.6. The first-order valence-corrected chi connectivity index (χ1v) is 14.5. The number of rotatable bonds is 6. The molecule has 3 heterocycles. The van der Waals surface area contributed by atoms with Crippen LogP contribution in [0.15, 0.2) is 82.6 Å². The van der Waals surface area contributed by atoms with Gasteiger partial charge in [0.15, 0.2) is 0 Å². The van der Waals surface area contributed by atoms with Gasteiger partial charge in [-0.15, -0.1) is 0 Å². The predicted octanol–water partition coefficient (Wildman–Crippen LogP) is 4.80. The Labute approximate surface area is 242 Å². The van der Waals surface area contributed by atoms with Gasteiger partial charge in [0.05, 0.1) is 23.7 Å². The summed E-state index contributed by atoms with van der Waals surface area (Å²) in [5.74, 6) is -2.28. The van der Waals surface area contributed by atoms with Crippen molar-refractivity contribution >= 4 is 52.2 Å². The zero-order valence-electron chi connectivity index (χ0n) is 22.0. The molecule has 0 radical (unpaired) electrons. The van der Waals surface area contributed by atoms with Gasteiger partial charge in [0.1, 0.15) is 23.4 Å². The topological polar surface area (TPSA) is 97.7 Å². The normalized spacial score (nSPS) is 19.6. The highest BCUT2D eigenvalue weighted by Gasteiger charge is 2.56. The van der Waals surface area contributed by atoms with Crippen molar-refractivity contribution in [3.05, 3.63) is 104 Å². The van der Waals surface area contributed by atoms with Crippen molar-refractivity contribution in [1.82, 2.24) is 4.57 Å². The van der Waals surface area contributed by atoms with Crippen molar-refractivity contribution in [3.8, 4) is 5.75 Å². The molecule has 0 aliphatic carbocycles. The Morgan fingerprint density at radius 2 is 1.63 bits per heavy atom. The van der Waals surface area contributed by atoms with Gasteiger partial charge >= 0.3 is 4.87 Å². The summed E-state index contributed by atoms with van der Waals surface area (Å²) in [4.78, 5) is 55.4. The Morgan fingerprint density at radius 3 is 2.29 bits per heavy atom. The summed E-state index contributed by atoms with van der Waals surface area (Å²) in [6.07, 6.45) is 0. The van der Waals surface area contributed by atoms with Crippen molar-refractivity contribution in [2.24, 2.45) is 5.92 Å². The molecule has 3 unspecified atom stereocenters.